The van der Waals surface area contributed by atoms with Gasteiger partial charge in [-0.1, -0.05) is 30.0 Å². The number of carbonyl (C=O) groups is 1. The zero-order valence-electron chi connectivity index (χ0n) is 17.5. The Bertz CT molecular complexity index is 1280. The summed E-state index contributed by atoms with van der Waals surface area (Å²) in [5.41, 5.74) is 2.21. The van der Waals surface area contributed by atoms with Crippen molar-refractivity contribution < 1.29 is 19.1 Å². The molecule has 0 aliphatic carbocycles. The van der Waals surface area contributed by atoms with Gasteiger partial charge in [0.25, 0.3) is 0 Å². The fraction of sp³-hybridized carbons (Fsp3) is 0.182. The molecule has 1 aromatic carbocycles. The van der Waals surface area contributed by atoms with Gasteiger partial charge in [-0.3, -0.25) is 4.57 Å². The molecule has 3 aromatic heterocycles. The Balaban J connectivity index is 1.66. The molecule has 4 aromatic rings. The molecule has 0 aliphatic rings. The second-order valence-electron chi connectivity index (χ2n) is 6.80. The van der Waals surface area contributed by atoms with Crippen LogP contribution < -0.4 is 0 Å². The van der Waals surface area contributed by atoms with Gasteiger partial charge in [-0.05, 0) is 25.1 Å². The summed E-state index contributed by atoms with van der Waals surface area (Å²) >= 11 is 1.23. The summed E-state index contributed by atoms with van der Waals surface area (Å²) in [6.45, 7) is 6.11. The monoisotopic (exact) mass is 451 g/mol. The summed E-state index contributed by atoms with van der Waals surface area (Å²) in [5, 5.41) is 19.9. The number of allylic oxidation sites excluding steroid dienone is 1. The first kappa shape index (κ1) is 21.4. The van der Waals surface area contributed by atoms with Crippen molar-refractivity contribution in [1.29, 1.82) is 0 Å². The second kappa shape index (κ2) is 9.15. The van der Waals surface area contributed by atoms with Gasteiger partial charge in [-0.15, -0.1) is 16.8 Å². The number of rotatable bonds is 8. The minimum absolute atomic E-state index is 0.0307. The number of aromatic nitrogens is 5. The molecule has 3 heterocycles. The molecule has 9 nitrogen and oxygen atoms in total. The number of esters is 1. The number of aryl methyl sites for hydroxylation is 1. The van der Waals surface area contributed by atoms with E-state index < -0.39 is 5.97 Å². The number of aromatic amines is 1. The van der Waals surface area contributed by atoms with Gasteiger partial charge in [-0.2, -0.15) is 0 Å². The van der Waals surface area contributed by atoms with Crippen molar-refractivity contribution in [2.75, 3.05) is 12.9 Å². The maximum absolute atomic E-state index is 12.4. The number of nitrogens with one attached hydrogen (secondary N) is 1. The molecule has 32 heavy (non-hydrogen) atoms. The van der Waals surface area contributed by atoms with Crippen LogP contribution >= 0.6 is 11.8 Å². The number of hydrogen-bond acceptors (Lipinski definition) is 8. The molecular formula is C22H21N5O4S. The van der Waals surface area contributed by atoms with Crippen LogP contribution in [0.2, 0.25) is 0 Å². The van der Waals surface area contributed by atoms with Gasteiger partial charge < -0.3 is 19.2 Å². The SMILES string of the molecule is C=CCn1c(SCC(O)=C(C(=O)OC)c2nc3ccccc3[nH]2)nnc1-c1ccoc1C. The summed E-state index contributed by atoms with van der Waals surface area (Å²) in [7, 11) is 1.26. The highest BCUT2D eigenvalue weighted by Crippen LogP contribution is 2.29. The third-order valence-corrected chi connectivity index (χ3v) is 5.75. The Kier molecular flexibility index (Phi) is 6.13. The minimum Gasteiger partial charge on any atom is -0.510 e. The van der Waals surface area contributed by atoms with E-state index in [1.165, 1.54) is 18.9 Å². The first-order chi connectivity index (χ1) is 15.5. The molecule has 0 saturated carbocycles. The third-order valence-electron chi connectivity index (χ3n) is 4.77. The molecule has 0 radical (unpaired) electrons. The van der Waals surface area contributed by atoms with E-state index >= 15 is 0 Å². The number of thioether (sulfide) groups is 1. The second-order valence-corrected chi connectivity index (χ2v) is 7.74. The molecule has 0 saturated heterocycles. The van der Waals surface area contributed by atoms with E-state index in [9.17, 15) is 9.90 Å². The Morgan fingerprint density at radius 1 is 1.34 bits per heavy atom. The zero-order chi connectivity index (χ0) is 22.7. The molecule has 10 heteroatoms. The van der Waals surface area contributed by atoms with Crippen LogP contribution in [-0.4, -0.2) is 48.7 Å². The lowest BCUT2D eigenvalue weighted by Gasteiger charge is -2.09. The van der Waals surface area contributed by atoms with Gasteiger partial charge in [-0.25, -0.2) is 9.78 Å². The largest absolute Gasteiger partial charge is 0.510 e. The van der Waals surface area contributed by atoms with Crippen LogP contribution in [0.4, 0.5) is 0 Å². The van der Waals surface area contributed by atoms with Crippen molar-refractivity contribution in [2.24, 2.45) is 0 Å². The average molecular weight is 452 g/mol. The van der Waals surface area contributed by atoms with Crippen molar-refractivity contribution in [3.8, 4) is 11.4 Å². The van der Waals surface area contributed by atoms with E-state index in [1.54, 1.807) is 12.3 Å². The molecule has 164 valence electrons. The molecule has 0 amide bonds. The van der Waals surface area contributed by atoms with Crippen molar-refractivity contribution in [1.82, 2.24) is 24.7 Å². The number of aliphatic hydroxyl groups excluding tert-OH is 1. The lowest BCUT2D eigenvalue weighted by atomic mass is 10.2. The highest BCUT2D eigenvalue weighted by atomic mass is 32.2. The Hall–Kier alpha value is -3.79. The molecule has 2 N–H and O–H groups in total. The maximum Gasteiger partial charge on any atom is 0.345 e. The number of carbonyl (C=O) groups excluding carboxylic acids is 1. The highest BCUT2D eigenvalue weighted by Gasteiger charge is 2.23. The summed E-state index contributed by atoms with van der Waals surface area (Å²) in [6.07, 6.45) is 3.32. The van der Waals surface area contributed by atoms with Crippen LogP contribution in [0.25, 0.3) is 28.0 Å². The Labute approximate surface area is 187 Å². The number of ether oxygens (including phenoxy) is 1. The van der Waals surface area contributed by atoms with Gasteiger partial charge in [0.1, 0.15) is 22.9 Å². The lowest BCUT2D eigenvalue weighted by Crippen LogP contribution is -2.10. The van der Waals surface area contributed by atoms with E-state index in [-0.39, 0.29) is 22.9 Å². The molecule has 0 bridgehead atoms. The topological polar surface area (TPSA) is 119 Å². The van der Waals surface area contributed by atoms with Crippen LogP contribution in [0.5, 0.6) is 0 Å². The normalized spacial score (nSPS) is 12.1. The molecule has 0 atom stereocenters. The predicted molar refractivity (Wildman–Crippen MR) is 121 cm³/mol. The van der Waals surface area contributed by atoms with Gasteiger partial charge in [0.15, 0.2) is 11.0 Å². The third kappa shape index (κ3) is 4.04. The van der Waals surface area contributed by atoms with E-state index in [2.05, 4.69) is 26.7 Å². The van der Waals surface area contributed by atoms with E-state index in [0.29, 0.717) is 23.0 Å². The average Bonchev–Trinajstić information content (AvgIpc) is 3.50. The van der Waals surface area contributed by atoms with Crippen LogP contribution in [0, 0.1) is 6.92 Å². The molecule has 4 rings (SSSR count). The predicted octanol–water partition coefficient (Wildman–Crippen LogP) is 4.14. The number of fused-ring (bicyclic) bond motifs is 1. The van der Waals surface area contributed by atoms with Crippen molar-refractivity contribution in [2.45, 2.75) is 18.6 Å². The standard InChI is InChI=1S/C22H21N5O4S/c1-4-10-27-20(14-9-11-31-13(14)2)25-26-22(27)32-12-17(28)18(21(29)30-3)19-23-15-7-5-6-8-16(15)24-19/h4-9,11,28H,1,10,12H2,2-3H3,(H,23,24). The Morgan fingerprint density at radius 3 is 2.84 bits per heavy atom. The number of methoxy groups -OCH3 is 1. The number of H-pyrrole nitrogens is 1. The highest BCUT2D eigenvalue weighted by molar-refractivity contribution is 7.99. The van der Waals surface area contributed by atoms with Crippen molar-refractivity contribution >= 4 is 34.3 Å². The maximum atomic E-state index is 12.4. The minimum atomic E-state index is -0.690. The number of para-hydroxylation sites is 2. The fourth-order valence-corrected chi connectivity index (χ4v) is 4.06. The van der Waals surface area contributed by atoms with Crippen LogP contribution in [0.1, 0.15) is 11.6 Å². The van der Waals surface area contributed by atoms with E-state index in [0.717, 1.165) is 16.8 Å². The van der Waals surface area contributed by atoms with E-state index in [4.69, 9.17) is 9.15 Å². The first-order valence-electron chi connectivity index (χ1n) is 9.70. The molecular weight excluding hydrogens is 430 g/mol. The number of imidazole rings is 1. The quantitative estimate of drug-likeness (QED) is 0.135. The van der Waals surface area contributed by atoms with Crippen LogP contribution in [0.15, 0.2) is 64.6 Å². The number of furan rings is 1. The Morgan fingerprint density at radius 2 is 2.16 bits per heavy atom. The zero-order valence-corrected chi connectivity index (χ0v) is 18.3. The van der Waals surface area contributed by atoms with Crippen LogP contribution in [0.3, 0.4) is 0 Å². The van der Waals surface area contributed by atoms with Crippen molar-refractivity contribution in [3.63, 3.8) is 0 Å². The molecule has 0 spiro atoms. The molecule has 0 aliphatic heterocycles. The van der Waals surface area contributed by atoms with Gasteiger partial charge in [0, 0.05) is 6.54 Å². The van der Waals surface area contributed by atoms with Gasteiger partial charge >= 0.3 is 5.97 Å². The summed E-state index contributed by atoms with van der Waals surface area (Å²) in [6, 6.07) is 9.17. The van der Waals surface area contributed by atoms with Crippen molar-refractivity contribution in [3.05, 3.63) is 66.6 Å². The van der Waals surface area contributed by atoms with E-state index in [1.807, 2.05) is 41.8 Å². The van der Waals surface area contributed by atoms with Crippen LogP contribution in [-0.2, 0) is 16.1 Å². The van der Waals surface area contributed by atoms with Gasteiger partial charge in [0.05, 0.1) is 35.7 Å². The molecule has 0 unspecified atom stereocenters. The number of aliphatic hydroxyl groups is 1. The lowest BCUT2D eigenvalue weighted by molar-refractivity contribution is -0.133. The van der Waals surface area contributed by atoms with Gasteiger partial charge in [0.2, 0.25) is 0 Å². The fourth-order valence-electron chi connectivity index (χ4n) is 3.23. The smallest absolute Gasteiger partial charge is 0.345 e. The molecule has 0 fully saturated rings. The summed E-state index contributed by atoms with van der Waals surface area (Å²) in [4.78, 5) is 19.9. The first-order valence-corrected chi connectivity index (χ1v) is 10.7. The number of nitrogens with zero attached hydrogens (tertiary/aromatic N) is 4. The summed E-state index contributed by atoms with van der Waals surface area (Å²) < 4.78 is 12.1. The number of hydrogen-bond donors (Lipinski definition) is 2. The number of benzene rings is 1. The summed E-state index contributed by atoms with van der Waals surface area (Å²) in [5.74, 6) is 0.770.